The number of carbonyl (C=O) groups excluding carboxylic acids is 2. The fourth-order valence-electron chi connectivity index (χ4n) is 2.14. The predicted molar refractivity (Wildman–Crippen MR) is 95.3 cm³/mol. The lowest BCUT2D eigenvalue weighted by Gasteiger charge is -2.13. The van der Waals surface area contributed by atoms with E-state index in [1.807, 2.05) is 30.3 Å². The Morgan fingerprint density at radius 3 is 2.75 bits per heavy atom. The van der Waals surface area contributed by atoms with Crippen LogP contribution in [0.4, 0.5) is 0 Å². The summed E-state index contributed by atoms with van der Waals surface area (Å²) in [7, 11) is 1.44. The topological polar surface area (TPSA) is 94.3 Å². The lowest BCUT2D eigenvalue weighted by Crippen LogP contribution is -2.47. The van der Waals surface area contributed by atoms with Crippen LogP contribution in [-0.2, 0) is 9.53 Å². The highest BCUT2D eigenvalue weighted by Gasteiger charge is 2.20. The van der Waals surface area contributed by atoms with Crippen LogP contribution >= 0.6 is 22.7 Å². The van der Waals surface area contributed by atoms with Gasteiger partial charge in [-0.15, -0.1) is 22.7 Å². The van der Waals surface area contributed by atoms with Crippen LogP contribution in [0.25, 0.3) is 20.1 Å². The SMILES string of the molecule is COC[C@H](NC(=O)c1ccc(-c2nc3ccccc3s2)s1)C(N)=O. The minimum absolute atomic E-state index is 0.0389. The minimum atomic E-state index is -0.851. The van der Waals surface area contributed by atoms with Crippen molar-refractivity contribution in [3.05, 3.63) is 41.3 Å². The molecule has 2 aromatic heterocycles. The smallest absolute Gasteiger partial charge is 0.262 e. The molecule has 0 aliphatic heterocycles. The van der Waals surface area contributed by atoms with E-state index < -0.39 is 11.9 Å². The number of hydrogen-bond donors (Lipinski definition) is 2. The molecule has 0 aliphatic rings. The predicted octanol–water partition coefficient (Wildman–Crippen LogP) is 2.25. The fraction of sp³-hybridized carbons (Fsp3) is 0.188. The van der Waals surface area contributed by atoms with Gasteiger partial charge in [-0.1, -0.05) is 12.1 Å². The number of amides is 2. The molecule has 0 saturated heterocycles. The maximum absolute atomic E-state index is 12.3. The number of nitrogens with two attached hydrogens (primary N) is 1. The van der Waals surface area contributed by atoms with Crippen LogP contribution in [0.15, 0.2) is 36.4 Å². The summed E-state index contributed by atoms with van der Waals surface area (Å²) in [5.74, 6) is -0.985. The Bertz CT molecular complexity index is 854. The van der Waals surface area contributed by atoms with Crippen LogP contribution in [-0.4, -0.2) is 36.6 Å². The number of ether oxygens (including phenoxy) is 1. The number of methoxy groups -OCH3 is 1. The molecule has 0 aliphatic carbocycles. The van der Waals surface area contributed by atoms with Gasteiger partial charge in [0.1, 0.15) is 11.0 Å². The lowest BCUT2D eigenvalue weighted by molar-refractivity contribution is -0.121. The van der Waals surface area contributed by atoms with Crippen molar-refractivity contribution in [2.24, 2.45) is 5.73 Å². The Morgan fingerprint density at radius 1 is 1.25 bits per heavy atom. The van der Waals surface area contributed by atoms with Gasteiger partial charge < -0.3 is 15.8 Å². The van der Waals surface area contributed by atoms with Gasteiger partial charge in [-0.25, -0.2) is 4.98 Å². The van der Waals surface area contributed by atoms with E-state index in [9.17, 15) is 9.59 Å². The van der Waals surface area contributed by atoms with Gasteiger partial charge in [-0.3, -0.25) is 9.59 Å². The zero-order valence-corrected chi connectivity index (χ0v) is 14.4. The number of para-hydroxylation sites is 1. The summed E-state index contributed by atoms with van der Waals surface area (Å²) in [6.07, 6.45) is 0. The number of primary amides is 1. The first kappa shape index (κ1) is 16.6. The van der Waals surface area contributed by atoms with E-state index in [2.05, 4.69) is 10.3 Å². The van der Waals surface area contributed by atoms with E-state index in [1.165, 1.54) is 18.4 Å². The monoisotopic (exact) mass is 361 g/mol. The van der Waals surface area contributed by atoms with Crippen LogP contribution in [0.1, 0.15) is 9.67 Å². The number of nitrogens with zero attached hydrogens (tertiary/aromatic N) is 1. The second-order valence-electron chi connectivity index (χ2n) is 5.03. The minimum Gasteiger partial charge on any atom is -0.382 e. The Hall–Kier alpha value is -2.29. The van der Waals surface area contributed by atoms with Crippen molar-refractivity contribution in [3.63, 3.8) is 0 Å². The van der Waals surface area contributed by atoms with E-state index in [1.54, 1.807) is 17.4 Å². The summed E-state index contributed by atoms with van der Waals surface area (Å²) in [5, 5.41) is 3.44. The molecule has 0 saturated carbocycles. The molecule has 3 aromatic rings. The molecule has 1 atom stereocenters. The van der Waals surface area contributed by atoms with Gasteiger partial charge in [-0.05, 0) is 24.3 Å². The first-order chi connectivity index (χ1) is 11.6. The highest BCUT2D eigenvalue weighted by Crippen LogP contribution is 2.34. The van der Waals surface area contributed by atoms with Gasteiger partial charge in [0.15, 0.2) is 0 Å². The Morgan fingerprint density at radius 2 is 2.04 bits per heavy atom. The van der Waals surface area contributed by atoms with Crippen LogP contribution in [0.5, 0.6) is 0 Å². The second-order valence-corrected chi connectivity index (χ2v) is 7.15. The van der Waals surface area contributed by atoms with Gasteiger partial charge in [0.25, 0.3) is 5.91 Å². The van der Waals surface area contributed by atoms with Gasteiger partial charge in [0.05, 0.1) is 26.6 Å². The van der Waals surface area contributed by atoms with Crippen molar-refractivity contribution < 1.29 is 14.3 Å². The molecule has 24 heavy (non-hydrogen) atoms. The quantitative estimate of drug-likeness (QED) is 0.704. The molecule has 0 fully saturated rings. The molecule has 0 unspecified atom stereocenters. The molecule has 2 heterocycles. The van der Waals surface area contributed by atoms with Crippen LogP contribution < -0.4 is 11.1 Å². The first-order valence-electron chi connectivity index (χ1n) is 7.13. The van der Waals surface area contributed by atoms with Crippen molar-refractivity contribution >= 4 is 44.7 Å². The van der Waals surface area contributed by atoms with Gasteiger partial charge in [-0.2, -0.15) is 0 Å². The Labute approximate surface area is 146 Å². The molecule has 3 rings (SSSR count). The van der Waals surface area contributed by atoms with Crippen molar-refractivity contribution in [1.82, 2.24) is 10.3 Å². The average Bonchev–Trinajstić information content (AvgIpc) is 3.20. The van der Waals surface area contributed by atoms with Crippen molar-refractivity contribution in [2.45, 2.75) is 6.04 Å². The van der Waals surface area contributed by atoms with E-state index >= 15 is 0 Å². The molecular formula is C16H15N3O3S2. The number of thiazole rings is 1. The maximum Gasteiger partial charge on any atom is 0.262 e. The zero-order chi connectivity index (χ0) is 17.1. The Balaban J connectivity index is 1.79. The van der Waals surface area contributed by atoms with E-state index in [4.69, 9.17) is 10.5 Å². The van der Waals surface area contributed by atoms with E-state index in [0.29, 0.717) is 4.88 Å². The molecule has 0 spiro atoms. The molecule has 124 valence electrons. The second kappa shape index (κ2) is 7.08. The number of fused-ring (bicyclic) bond motifs is 1. The van der Waals surface area contributed by atoms with Gasteiger partial charge in [0.2, 0.25) is 5.91 Å². The molecule has 6 nitrogen and oxygen atoms in total. The largest absolute Gasteiger partial charge is 0.382 e. The van der Waals surface area contributed by atoms with Crippen molar-refractivity contribution in [2.75, 3.05) is 13.7 Å². The molecule has 8 heteroatoms. The van der Waals surface area contributed by atoms with E-state index in [0.717, 1.165) is 20.1 Å². The number of aromatic nitrogens is 1. The summed E-state index contributed by atoms with van der Waals surface area (Å²) in [6.45, 7) is 0.0389. The molecule has 2 amide bonds. The normalized spacial score (nSPS) is 12.2. The third kappa shape index (κ3) is 3.45. The van der Waals surface area contributed by atoms with Crippen molar-refractivity contribution in [3.8, 4) is 9.88 Å². The third-order valence-corrected chi connectivity index (χ3v) is 5.61. The lowest BCUT2D eigenvalue weighted by atomic mass is 10.3. The molecule has 0 bridgehead atoms. The number of thiophene rings is 1. The Kier molecular flexibility index (Phi) is 4.89. The molecule has 1 aromatic carbocycles. The summed E-state index contributed by atoms with van der Waals surface area (Å²) < 4.78 is 5.99. The van der Waals surface area contributed by atoms with Crippen molar-refractivity contribution in [1.29, 1.82) is 0 Å². The standard InChI is InChI=1S/C16H15N3O3S2/c1-22-8-10(14(17)20)18-15(21)12-6-7-13(23-12)16-19-9-4-2-3-5-11(9)24-16/h2-7,10H,8H2,1H3,(H2,17,20)(H,18,21)/t10-/m0/s1. The first-order valence-corrected chi connectivity index (χ1v) is 8.76. The molecule has 3 N–H and O–H groups in total. The number of benzene rings is 1. The van der Waals surface area contributed by atoms with Crippen LogP contribution in [0, 0.1) is 0 Å². The number of carbonyl (C=O) groups is 2. The zero-order valence-electron chi connectivity index (χ0n) is 12.8. The van der Waals surface area contributed by atoms with Crippen LogP contribution in [0.2, 0.25) is 0 Å². The van der Waals surface area contributed by atoms with Gasteiger partial charge >= 0.3 is 0 Å². The number of nitrogens with one attached hydrogen (secondary N) is 1. The maximum atomic E-state index is 12.3. The highest BCUT2D eigenvalue weighted by atomic mass is 32.1. The van der Waals surface area contributed by atoms with Crippen LogP contribution in [0.3, 0.4) is 0 Å². The summed E-state index contributed by atoms with van der Waals surface area (Å²) in [4.78, 5) is 29.6. The summed E-state index contributed by atoms with van der Waals surface area (Å²) >= 11 is 2.90. The summed E-state index contributed by atoms with van der Waals surface area (Å²) in [5.41, 5.74) is 6.19. The molecular weight excluding hydrogens is 346 g/mol. The third-order valence-electron chi connectivity index (χ3n) is 3.32. The number of rotatable bonds is 6. The summed E-state index contributed by atoms with van der Waals surface area (Å²) in [6, 6.07) is 10.6. The van der Waals surface area contributed by atoms with Gasteiger partial charge in [0, 0.05) is 7.11 Å². The fourth-order valence-corrected chi connectivity index (χ4v) is 4.07. The number of hydrogen-bond acceptors (Lipinski definition) is 6. The average molecular weight is 361 g/mol. The van der Waals surface area contributed by atoms with E-state index in [-0.39, 0.29) is 12.5 Å². The molecule has 0 radical (unpaired) electrons. The highest BCUT2D eigenvalue weighted by molar-refractivity contribution is 7.26.